The van der Waals surface area contributed by atoms with Crippen molar-refractivity contribution in [3.05, 3.63) is 28.4 Å². The number of rotatable bonds is 3. The van der Waals surface area contributed by atoms with Crippen LogP contribution in [0, 0.1) is 0 Å². The van der Waals surface area contributed by atoms with E-state index in [-0.39, 0.29) is 50.7 Å². The third kappa shape index (κ3) is 2.09. The first-order valence-electron chi connectivity index (χ1n) is 6.63. The SMILES string of the molecule is COc1cc(O)c2c(=O)c3c(OC)cc(O)cc3oc2c1OC. The van der Waals surface area contributed by atoms with E-state index in [1.54, 1.807) is 0 Å². The van der Waals surface area contributed by atoms with E-state index in [0.29, 0.717) is 0 Å². The van der Waals surface area contributed by atoms with Crippen molar-refractivity contribution in [3.63, 3.8) is 0 Å². The van der Waals surface area contributed by atoms with E-state index in [2.05, 4.69) is 0 Å². The zero-order chi connectivity index (χ0) is 16.7. The maximum Gasteiger partial charge on any atom is 0.208 e. The third-order valence-electron chi connectivity index (χ3n) is 3.54. The van der Waals surface area contributed by atoms with Crippen LogP contribution in [0.4, 0.5) is 0 Å². The summed E-state index contributed by atoms with van der Waals surface area (Å²) in [7, 11) is 4.16. The molecule has 0 bridgehead atoms. The van der Waals surface area contributed by atoms with Gasteiger partial charge in [-0.1, -0.05) is 0 Å². The van der Waals surface area contributed by atoms with Crippen molar-refractivity contribution < 1.29 is 28.8 Å². The van der Waals surface area contributed by atoms with Crippen molar-refractivity contribution in [2.45, 2.75) is 0 Å². The number of phenols is 2. The van der Waals surface area contributed by atoms with Gasteiger partial charge in [0.25, 0.3) is 0 Å². The number of ether oxygens (including phenoxy) is 3. The van der Waals surface area contributed by atoms with Gasteiger partial charge in [-0.15, -0.1) is 0 Å². The quantitative estimate of drug-likeness (QED) is 0.715. The largest absolute Gasteiger partial charge is 0.508 e. The molecule has 0 radical (unpaired) electrons. The molecule has 0 saturated carbocycles. The van der Waals surface area contributed by atoms with Gasteiger partial charge in [-0.05, 0) is 0 Å². The topological polar surface area (TPSA) is 98.4 Å². The Hall–Kier alpha value is -3.09. The molecule has 0 aliphatic heterocycles. The minimum atomic E-state index is -0.503. The van der Waals surface area contributed by atoms with E-state index in [1.807, 2.05) is 0 Å². The molecule has 1 heterocycles. The van der Waals surface area contributed by atoms with E-state index < -0.39 is 5.43 Å². The van der Waals surface area contributed by atoms with Crippen LogP contribution in [0.5, 0.6) is 28.7 Å². The van der Waals surface area contributed by atoms with Gasteiger partial charge in [0.2, 0.25) is 11.2 Å². The molecule has 0 spiro atoms. The Morgan fingerprint density at radius 3 is 2.22 bits per heavy atom. The number of benzene rings is 2. The van der Waals surface area contributed by atoms with Crippen LogP contribution < -0.4 is 19.6 Å². The highest BCUT2D eigenvalue weighted by Gasteiger charge is 2.22. The molecule has 3 aromatic rings. The van der Waals surface area contributed by atoms with E-state index >= 15 is 0 Å². The second-order valence-electron chi connectivity index (χ2n) is 4.79. The van der Waals surface area contributed by atoms with Crippen LogP contribution in [0.3, 0.4) is 0 Å². The van der Waals surface area contributed by atoms with E-state index in [9.17, 15) is 15.0 Å². The van der Waals surface area contributed by atoms with Gasteiger partial charge < -0.3 is 28.8 Å². The lowest BCUT2D eigenvalue weighted by molar-refractivity contribution is 0.351. The summed E-state index contributed by atoms with van der Waals surface area (Å²) < 4.78 is 21.2. The maximum atomic E-state index is 12.8. The van der Waals surface area contributed by atoms with Crippen LogP contribution in [-0.4, -0.2) is 31.5 Å². The van der Waals surface area contributed by atoms with Crippen LogP contribution in [0.15, 0.2) is 27.4 Å². The minimum absolute atomic E-state index is 0.0227. The van der Waals surface area contributed by atoms with Gasteiger partial charge in [0.15, 0.2) is 11.3 Å². The predicted molar refractivity (Wildman–Crippen MR) is 83.0 cm³/mol. The molecule has 0 atom stereocenters. The first-order valence-corrected chi connectivity index (χ1v) is 6.63. The molecule has 0 unspecified atom stereocenters. The number of methoxy groups -OCH3 is 3. The van der Waals surface area contributed by atoms with Gasteiger partial charge in [0.1, 0.15) is 33.6 Å². The van der Waals surface area contributed by atoms with Crippen LogP contribution in [-0.2, 0) is 0 Å². The summed E-state index contributed by atoms with van der Waals surface area (Å²) in [4.78, 5) is 12.8. The molecule has 3 rings (SSSR count). The second kappa shape index (κ2) is 5.28. The average Bonchev–Trinajstić information content (AvgIpc) is 2.53. The van der Waals surface area contributed by atoms with Crippen LogP contribution >= 0.6 is 0 Å². The summed E-state index contributed by atoms with van der Waals surface area (Å²) in [5.74, 6) is 0.102. The van der Waals surface area contributed by atoms with Gasteiger partial charge in [-0.3, -0.25) is 4.79 Å². The van der Waals surface area contributed by atoms with E-state index in [4.69, 9.17) is 18.6 Å². The van der Waals surface area contributed by atoms with Crippen molar-refractivity contribution >= 4 is 21.9 Å². The fourth-order valence-electron chi connectivity index (χ4n) is 2.54. The minimum Gasteiger partial charge on any atom is -0.508 e. The summed E-state index contributed by atoms with van der Waals surface area (Å²) in [6.45, 7) is 0. The molecular weight excluding hydrogens is 304 g/mol. The highest BCUT2D eigenvalue weighted by molar-refractivity contribution is 5.99. The fourth-order valence-corrected chi connectivity index (χ4v) is 2.54. The van der Waals surface area contributed by atoms with Crippen LogP contribution in [0.2, 0.25) is 0 Å². The van der Waals surface area contributed by atoms with Gasteiger partial charge in [0.05, 0.1) is 21.3 Å². The van der Waals surface area contributed by atoms with Gasteiger partial charge in [-0.2, -0.15) is 0 Å². The molecule has 0 saturated heterocycles. The average molecular weight is 318 g/mol. The normalized spacial score (nSPS) is 10.9. The smallest absolute Gasteiger partial charge is 0.208 e. The molecule has 120 valence electrons. The predicted octanol–water partition coefficient (Wildman–Crippen LogP) is 2.38. The monoisotopic (exact) mass is 318 g/mol. The lowest BCUT2D eigenvalue weighted by Gasteiger charge is -2.12. The molecule has 1 aromatic heterocycles. The molecule has 2 aromatic carbocycles. The van der Waals surface area contributed by atoms with Crippen LogP contribution in [0.1, 0.15) is 0 Å². The molecule has 0 fully saturated rings. The Kier molecular flexibility index (Phi) is 3.40. The fraction of sp³-hybridized carbons (Fsp3) is 0.188. The standard InChI is InChI=1S/C16H14O7/c1-20-9-4-7(17)5-10-13(9)14(19)12-8(18)6-11(21-2)15(22-3)16(12)23-10/h4-6,17-18H,1-3H3. The number of phenolic OH excluding ortho intramolecular Hbond substituents is 2. The summed E-state index contributed by atoms with van der Waals surface area (Å²) in [6.07, 6.45) is 0. The lowest BCUT2D eigenvalue weighted by Crippen LogP contribution is -2.06. The summed E-state index contributed by atoms with van der Waals surface area (Å²) in [5.41, 5.74) is -0.378. The summed E-state index contributed by atoms with van der Waals surface area (Å²) in [6, 6.07) is 3.86. The molecule has 0 aliphatic rings. The molecule has 0 amide bonds. The summed E-state index contributed by atoms with van der Waals surface area (Å²) >= 11 is 0. The Morgan fingerprint density at radius 1 is 0.913 bits per heavy atom. The molecular formula is C16H14O7. The first kappa shape index (κ1) is 14.8. The van der Waals surface area contributed by atoms with Crippen molar-refractivity contribution in [2.75, 3.05) is 21.3 Å². The number of hydrogen-bond donors (Lipinski definition) is 2. The Balaban J connectivity index is 2.61. The number of aromatic hydroxyl groups is 2. The Labute approximate surface area is 130 Å². The maximum absolute atomic E-state index is 12.8. The molecule has 7 nitrogen and oxygen atoms in total. The first-order chi connectivity index (χ1) is 11.0. The molecule has 2 N–H and O–H groups in total. The highest BCUT2D eigenvalue weighted by atomic mass is 16.5. The van der Waals surface area contributed by atoms with Crippen molar-refractivity contribution in [3.8, 4) is 28.7 Å². The molecule has 0 aliphatic carbocycles. The van der Waals surface area contributed by atoms with Crippen molar-refractivity contribution in [1.82, 2.24) is 0 Å². The highest BCUT2D eigenvalue weighted by Crippen LogP contribution is 2.42. The van der Waals surface area contributed by atoms with Gasteiger partial charge >= 0.3 is 0 Å². The van der Waals surface area contributed by atoms with Gasteiger partial charge in [0, 0.05) is 18.2 Å². The zero-order valence-electron chi connectivity index (χ0n) is 12.7. The lowest BCUT2D eigenvalue weighted by atomic mass is 10.1. The third-order valence-corrected chi connectivity index (χ3v) is 3.54. The number of fused-ring (bicyclic) bond motifs is 2. The van der Waals surface area contributed by atoms with Gasteiger partial charge in [-0.25, -0.2) is 0 Å². The Bertz CT molecular complexity index is 972. The van der Waals surface area contributed by atoms with Crippen LogP contribution in [0.25, 0.3) is 21.9 Å². The second-order valence-corrected chi connectivity index (χ2v) is 4.79. The van der Waals surface area contributed by atoms with Crippen molar-refractivity contribution in [2.24, 2.45) is 0 Å². The molecule has 7 heteroatoms. The number of hydrogen-bond acceptors (Lipinski definition) is 7. The van der Waals surface area contributed by atoms with E-state index in [0.717, 1.165) is 0 Å². The Morgan fingerprint density at radius 2 is 1.61 bits per heavy atom. The zero-order valence-corrected chi connectivity index (χ0v) is 12.7. The summed E-state index contributed by atoms with van der Waals surface area (Å²) in [5, 5.41) is 20.0. The van der Waals surface area contributed by atoms with Crippen molar-refractivity contribution in [1.29, 1.82) is 0 Å². The van der Waals surface area contributed by atoms with E-state index in [1.165, 1.54) is 39.5 Å². The molecule has 23 heavy (non-hydrogen) atoms.